The van der Waals surface area contributed by atoms with E-state index in [0.29, 0.717) is 5.92 Å². The van der Waals surface area contributed by atoms with Crippen molar-refractivity contribution in [2.24, 2.45) is 5.84 Å². The third-order valence-corrected chi connectivity index (χ3v) is 3.22. The van der Waals surface area contributed by atoms with Crippen LogP contribution in [0, 0.1) is 13.8 Å². The number of fused-ring (bicyclic) bond motifs is 1. The van der Waals surface area contributed by atoms with E-state index in [0.717, 1.165) is 16.9 Å². The number of nitrogen functional groups attached to an aromatic ring is 1. The van der Waals surface area contributed by atoms with Crippen LogP contribution < -0.4 is 11.3 Å². The van der Waals surface area contributed by atoms with Crippen LogP contribution in [0.5, 0.6) is 0 Å². The summed E-state index contributed by atoms with van der Waals surface area (Å²) in [6, 6.07) is 6.47. The third kappa shape index (κ3) is 2.11. The summed E-state index contributed by atoms with van der Waals surface area (Å²) in [7, 11) is 0. The summed E-state index contributed by atoms with van der Waals surface area (Å²) in [4.78, 5) is 4.58. The maximum Gasteiger partial charge on any atom is 0.144 e. The van der Waals surface area contributed by atoms with Gasteiger partial charge in [-0.1, -0.05) is 13.8 Å². The molecule has 0 fully saturated rings. The van der Waals surface area contributed by atoms with E-state index in [2.05, 4.69) is 56.3 Å². The number of nitrogens with one attached hydrogen (secondary N) is 1. The Morgan fingerprint density at radius 3 is 2.35 bits per heavy atom. The molecule has 3 heteroatoms. The lowest BCUT2D eigenvalue weighted by atomic mass is 9.99. The van der Waals surface area contributed by atoms with Crippen molar-refractivity contribution < 1.29 is 0 Å². The van der Waals surface area contributed by atoms with Crippen molar-refractivity contribution in [2.75, 3.05) is 5.43 Å². The SMILES string of the molecule is Cc1cc2cc(C(C)C)c(NN)nc2cc1C. The predicted molar refractivity (Wildman–Crippen MR) is 73.1 cm³/mol. The van der Waals surface area contributed by atoms with Crippen LogP contribution in [0.2, 0.25) is 0 Å². The number of aromatic nitrogens is 1. The summed E-state index contributed by atoms with van der Waals surface area (Å²) < 4.78 is 0. The number of nitrogens with zero attached hydrogens (tertiary/aromatic N) is 1. The Kier molecular flexibility index (Phi) is 3.03. The fourth-order valence-electron chi connectivity index (χ4n) is 2.01. The van der Waals surface area contributed by atoms with Crippen molar-refractivity contribution in [3.63, 3.8) is 0 Å². The van der Waals surface area contributed by atoms with Crippen LogP contribution in [0.25, 0.3) is 10.9 Å². The van der Waals surface area contributed by atoms with Crippen LogP contribution in [0.3, 0.4) is 0 Å². The van der Waals surface area contributed by atoms with Gasteiger partial charge in [0.25, 0.3) is 0 Å². The van der Waals surface area contributed by atoms with Gasteiger partial charge in [0, 0.05) is 5.39 Å². The molecule has 2 rings (SSSR count). The monoisotopic (exact) mass is 229 g/mol. The molecule has 17 heavy (non-hydrogen) atoms. The molecular weight excluding hydrogens is 210 g/mol. The molecule has 0 aliphatic heterocycles. The molecule has 0 amide bonds. The number of benzene rings is 1. The summed E-state index contributed by atoms with van der Waals surface area (Å²) in [6.07, 6.45) is 0. The predicted octanol–water partition coefficient (Wildman–Crippen LogP) is 3.26. The lowest BCUT2D eigenvalue weighted by Crippen LogP contribution is -2.12. The average Bonchev–Trinajstić information content (AvgIpc) is 2.29. The van der Waals surface area contributed by atoms with Crippen molar-refractivity contribution >= 4 is 16.7 Å². The standard InChI is InChI=1S/C14H19N3/c1-8(2)12-7-11-5-9(3)10(4)6-13(11)16-14(12)17-15/h5-8H,15H2,1-4H3,(H,16,17). The van der Waals surface area contributed by atoms with Crippen molar-refractivity contribution in [1.29, 1.82) is 0 Å². The number of nitrogens with two attached hydrogens (primary N) is 1. The zero-order valence-electron chi connectivity index (χ0n) is 10.8. The number of anilines is 1. The molecule has 90 valence electrons. The zero-order valence-corrected chi connectivity index (χ0v) is 10.8. The van der Waals surface area contributed by atoms with Crippen LogP contribution in [0.15, 0.2) is 18.2 Å². The lowest BCUT2D eigenvalue weighted by molar-refractivity contribution is 0.862. The van der Waals surface area contributed by atoms with Gasteiger partial charge in [0.2, 0.25) is 0 Å². The smallest absolute Gasteiger partial charge is 0.144 e. The van der Waals surface area contributed by atoms with E-state index >= 15 is 0 Å². The van der Waals surface area contributed by atoms with Gasteiger partial charge in [0.15, 0.2) is 0 Å². The molecule has 2 aromatic rings. The number of hydrazine groups is 1. The van der Waals surface area contributed by atoms with Gasteiger partial charge in [-0.2, -0.15) is 0 Å². The average molecular weight is 229 g/mol. The molecule has 0 radical (unpaired) electrons. The third-order valence-electron chi connectivity index (χ3n) is 3.22. The van der Waals surface area contributed by atoms with E-state index < -0.39 is 0 Å². The van der Waals surface area contributed by atoms with E-state index in [1.54, 1.807) is 0 Å². The Labute approximate surface area is 102 Å². The lowest BCUT2D eigenvalue weighted by Gasteiger charge is -2.13. The van der Waals surface area contributed by atoms with Crippen LogP contribution in [0.1, 0.15) is 36.5 Å². The molecule has 3 nitrogen and oxygen atoms in total. The molecule has 0 spiro atoms. The Morgan fingerprint density at radius 2 is 1.76 bits per heavy atom. The van der Waals surface area contributed by atoms with E-state index in [9.17, 15) is 0 Å². The summed E-state index contributed by atoms with van der Waals surface area (Å²) in [5, 5.41) is 1.18. The molecule has 0 bridgehead atoms. The molecular formula is C14H19N3. The van der Waals surface area contributed by atoms with Crippen LogP contribution in [-0.4, -0.2) is 4.98 Å². The van der Waals surface area contributed by atoms with Gasteiger partial charge >= 0.3 is 0 Å². The molecule has 1 aromatic heterocycles. The van der Waals surface area contributed by atoms with Crippen molar-refractivity contribution in [2.45, 2.75) is 33.6 Å². The van der Waals surface area contributed by atoms with E-state index in [4.69, 9.17) is 5.84 Å². The highest BCUT2D eigenvalue weighted by molar-refractivity contribution is 5.83. The molecule has 3 N–H and O–H groups in total. The minimum Gasteiger partial charge on any atom is -0.308 e. The molecule has 0 aliphatic rings. The normalized spacial score (nSPS) is 11.2. The second kappa shape index (κ2) is 4.34. The summed E-state index contributed by atoms with van der Waals surface area (Å²) >= 11 is 0. The summed E-state index contributed by atoms with van der Waals surface area (Å²) in [6.45, 7) is 8.51. The minimum atomic E-state index is 0.402. The zero-order chi connectivity index (χ0) is 12.6. The van der Waals surface area contributed by atoms with Gasteiger partial charge in [-0.3, -0.25) is 0 Å². The van der Waals surface area contributed by atoms with E-state index in [1.165, 1.54) is 16.5 Å². The molecule has 1 aromatic carbocycles. The molecule has 0 saturated carbocycles. The second-order valence-electron chi connectivity index (χ2n) is 4.85. The van der Waals surface area contributed by atoms with Gasteiger partial charge in [-0.25, -0.2) is 10.8 Å². The Hall–Kier alpha value is -1.61. The fraction of sp³-hybridized carbons (Fsp3) is 0.357. The molecule has 0 atom stereocenters. The molecule has 0 saturated heterocycles. The van der Waals surface area contributed by atoms with E-state index in [1.807, 2.05) is 0 Å². The number of aryl methyl sites for hydroxylation is 2. The fourth-order valence-corrected chi connectivity index (χ4v) is 2.01. The van der Waals surface area contributed by atoms with Crippen molar-refractivity contribution in [3.05, 3.63) is 34.9 Å². The number of hydrogen-bond acceptors (Lipinski definition) is 3. The first-order chi connectivity index (χ1) is 8.02. The van der Waals surface area contributed by atoms with Crippen molar-refractivity contribution in [1.82, 2.24) is 4.98 Å². The highest BCUT2D eigenvalue weighted by Gasteiger charge is 2.10. The first kappa shape index (κ1) is 11.9. The number of rotatable bonds is 2. The first-order valence-electron chi connectivity index (χ1n) is 5.91. The highest BCUT2D eigenvalue weighted by Crippen LogP contribution is 2.27. The largest absolute Gasteiger partial charge is 0.308 e. The second-order valence-corrected chi connectivity index (χ2v) is 4.85. The summed E-state index contributed by atoms with van der Waals surface area (Å²) in [5.74, 6) is 6.71. The van der Waals surface area contributed by atoms with Crippen LogP contribution >= 0.6 is 0 Å². The summed E-state index contributed by atoms with van der Waals surface area (Å²) in [5.41, 5.74) is 7.39. The maximum atomic E-state index is 5.53. The molecule has 0 unspecified atom stereocenters. The van der Waals surface area contributed by atoms with Gasteiger partial charge in [-0.05, 0) is 54.7 Å². The van der Waals surface area contributed by atoms with Gasteiger partial charge in [0.05, 0.1) is 5.52 Å². The Balaban J connectivity index is 2.74. The van der Waals surface area contributed by atoms with E-state index in [-0.39, 0.29) is 0 Å². The quantitative estimate of drug-likeness (QED) is 0.614. The highest BCUT2D eigenvalue weighted by atomic mass is 15.2. The maximum absolute atomic E-state index is 5.53. The van der Waals surface area contributed by atoms with Gasteiger partial charge in [0.1, 0.15) is 5.82 Å². The number of hydrogen-bond donors (Lipinski definition) is 2. The van der Waals surface area contributed by atoms with Gasteiger partial charge in [-0.15, -0.1) is 0 Å². The minimum absolute atomic E-state index is 0.402. The Morgan fingerprint density at radius 1 is 1.12 bits per heavy atom. The van der Waals surface area contributed by atoms with Crippen molar-refractivity contribution in [3.8, 4) is 0 Å². The van der Waals surface area contributed by atoms with Gasteiger partial charge < -0.3 is 5.43 Å². The Bertz CT molecular complexity index is 559. The van der Waals surface area contributed by atoms with Crippen LogP contribution in [0.4, 0.5) is 5.82 Å². The first-order valence-corrected chi connectivity index (χ1v) is 5.91. The number of pyridine rings is 1. The topological polar surface area (TPSA) is 50.9 Å². The molecule has 1 heterocycles. The van der Waals surface area contributed by atoms with Crippen LogP contribution in [-0.2, 0) is 0 Å². The molecule has 0 aliphatic carbocycles.